The number of hydrogen-bond donors (Lipinski definition) is 0. The third-order valence-corrected chi connectivity index (χ3v) is 6.45. The minimum Gasteiger partial charge on any atom is -0.331 e. The highest BCUT2D eigenvalue weighted by Gasteiger charge is 2.32. The van der Waals surface area contributed by atoms with Crippen molar-refractivity contribution in [3.63, 3.8) is 0 Å². The van der Waals surface area contributed by atoms with Crippen LogP contribution in [0, 0.1) is 11.7 Å². The zero-order valence-corrected chi connectivity index (χ0v) is 19.4. The third kappa shape index (κ3) is 5.26. The maximum atomic E-state index is 13.9. The molecule has 8 heteroatoms. The van der Waals surface area contributed by atoms with Crippen LogP contribution in [0.25, 0.3) is 11.0 Å². The lowest BCUT2D eigenvalue weighted by molar-refractivity contribution is -0.137. The molecule has 0 aliphatic heterocycles. The van der Waals surface area contributed by atoms with E-state index in [2.05, 4.69) is 9.55 Å². The van der Waals surface area contributed by atoms with Crippen LogP contribution in [0.1, 0.15) is 73.7 Å². The molecule has 0 unspecified atom stereocenters. The molecule has 0 spiro atoms. The van der Waals surface area contributed by atoms with Gasteiger partial charge >= 0.3 is 6.18 Å². The highest BCUT2D eigenvalue weighted by Crippen LogP contribution is 2.35. The summed E-state index contributed by atoms with van der Waals surface area (Å²) in [6.07, 6.45) is 0.297. The van der Waals surface area contributed by atoms with Crippen LogP contribution in [0.15, 0.2) is 42.5 Å². The molecule has 0 saturated heterocycles. The van der Waals surface area contributed by atoms with E-state index in [1.165, 1.54) is 24.3 Å². The minimum absolute atomic E-state index is 0.00634. The van der Waals surface area contributed by atoms with Gasteiger partial charge in [-0.1, -0.05) is 32.8 Å². The summed E-state index contributed by atoms with van der Waals surface area (Å²) in [5.41, 5.74) is 0.486. The van der Waals surface area contributed by atoms with Gasteiger partial charge in [0.2, 0.25) is 0 Å². The van der Waals surface area contributed by atoms with Gasteiger partial charge in [0.25, 0.3) is 5.91 Å². The second-order valence-corrected chi connectivity index (χ2v) is 9.46. The van der Waals surface area contributed by atoms with Crippen LogP contribution < -0.4 is 0 Å². The third-order valence-electron chi connectivity index (χ3n) is 6.45. The summed E-state index contributed by atoms with van der Waals surface area (Å²) in [5.74, 6) is 0.0888. The molecule has 1 aromatic heterocycles. The first kappa shape index (κ1) is 24.2. The van der Waals surface area contributed by atoms with Gasteiger partial charge in [-0.3, -0.25) is 4.79 Å². The number of fused-ring (bicyclic) bond motifs is 1. The molecule has 1 fully saturated rings. The molecule has 4 rings (SSSR count). The smallest absolute Gasteiger partial charge is 0.331 e. The first-order chi connectivity index (χ1) is 16.1. The van der Waals surface area contributed by atoms with Crippen molar-refractivity contribution < 1.29 is 22.4 Å². The Labute approximate surface area is 196 Å². The van der Waals surface area contributed by atoms with Gasteiger partial charge in [0.05, 0.1) is 23.1 Å². The number of alkyl halides is 3. The first-order valence-electron chi connectivity index (χ1n) is 11.8. The molecule has 1 aliphatic carbocycles. The van der Waals surface area contributed by atoms with Crippen molar-refractivity contribution in [2.75, 3.05) is 6.54 Å². The molecule has 182 valence electrons. The highest BCUT2D eigenvalue weighted by molar-refractivity contribution is 5.94. The molecule has 1 saturated carbocycles. The maximum absolute atomic E-state index is 13.9. The van der Waals surface area contributed by atoms with Crippen molar-refractivity contribution >= 4 is 16.9 Å². The van der Waals surface area contributed by atoms with Crippen LogP contribution >= 0.6 is 0 Å². The number of hydrogen-bond acceptors (Lipinski definition) is 2. The standard InChI is InChI=1S/C26H29F4N3O/c1-17(2)12-13-32(25(34)18-6-5-7-19(14-18)26(28,29)30)16-24-31-22-15-20(27)10-11-23(22)33(24)21-8-3-4-9-21/h5-7,10-11,14-15,17,21H,3-4,8-9,12-13,16H2,1-2H3. The number of imidazole rings is 1. The van der Waals surface area contributed by atoms with Crippen LogP contribution in [0.4, 0.5) is 17.6 Å². The summed E-state index contributed by atoms with van der Waals surface area (Å²) in [4.78, 5) is 19.6. The van der Waals surface area contributed by atoms with Crippen molar-refractivity contribution in [1.29, 1.82) is 0 Å². The molecule has 0 radical (unpaired) electrons. The van der Waals surface area contributed by atoms with Gasteiger partial charge in [0, 0.05) is 24.2 Å². The molecular weight excluding hydrogens is 446 g/mol. The maximum Gasteiger partial charge on any atom is 0.416 e. The number of aromatic nitrogens is 2. The monoisotopic (exact) mass is 475 g/mol. The number of rotatable bonds is 7. The molecule has 1 amide bonds. The van der Waals surface area contributed by atoms with E-state index in [1.54, 1.807) is 11.0 Å². The number of carbonyl (C=O) groups excluding carboxylic acids is 1. The number of amides is 1. The molecule has 3 aromatic rings. The Balaban J connectivity index is 1.71. The summed E-state index contributed by atoms with van der Waals surface area (Å²) in [7, 11) is 0. The molecule has 0 bridgehead atoms. The van der Waals surface area contributed by atoms with Crippen LogP contribution in [-0.2, 0) is 12.7 Å². The molecule has 34 heavy (non-hydrogen) atoms. The average molecular weight is 476 g/mol. The summed E-state index contributed by atoms with van der Waals surface area (Å²) in [5, 5.41) is 0. The van der Waals surface area contributed by atoms with Crippen molar-refractivity contribution in [2.45, 2.75) is 64.7 Å². The van der Waals surface area contributed by atoms with Crippen LogP contribution in [-0.4, -0.2) is 26.9 Å². The van der Waals surface area contributed by atoms with Gasteiger partial charge in [-0.15, -0.1) is 0 Å². The van der Waals surface area contributed by atoms with Gasteiger partial charge in [-0.2, -0.15) is 13.2 Å². The topological polar surface area (TPSA) is 38.1 Å². The fraction of sp³-hybridized carbons (Fsp3) is 0.462. The Kier molecular flexibility index (Phi) is 6.96. The van der Waals surface area contributed by atoms with Crippen LogP contribution in [0.2, 0.25) is 0 Å². The lowest BCUT2D eigenvalue weighted by Crippen LogP contribution is -2.33. The fourth-order valence-electron chi connectivity index (χ4n) is 4.65. The highest BCUT2D eigenvalue weighted by atomic mass is 19.4. The van der Waals surface area contributed by atoms with Gasteiger partial charge in [0.1, 0.15) is 11.6 Å². The van der Waals surface area contributed by atoms with Crippen molar-refractivity contribution in [1.82, 2.24) is 14.5 Å². The summed E-state index contributed by atoms with van der Waals surface area (Å²) in [6, 6.07) is 9.25. The van der Waals surface area contributed by atoms with Crippen molar-refractivity contribution in [3.8, 4) is 0 Å². The Bertz CT molecular complexity index is 1160. The van der Waals surface area contributed by atoms with E-state index in [0.29, 0.717) is 30.2 Å². The normalized spacial score (nSPS) is 14.9. The molecule has 4 nitrogen and oxygen atoms in total. The van der Waals surface area contributed by atoms with E-state index in [-0.39, 0.29) is 24.0 Å². The van der Waals surface area contributed by atoms with Gasteiger partial charge in [0.15, 0.2) is 0 Å². The molecule has 1 heterocycles. The second kappa shape index (κ2) is 9.76. The molecule has 2 aromatic carbocycles. The van der Waals surface area contributed by atoms with Crippen molar-refractivity contribution in [3.05, 3.63) is 65.2 Å². The average Bonchev–Trinajstić information content (AvgIpc) is 3.42. The van der Waals surface area contributed by atoms with E-state index in [0.717, 1.165) is 43.3 Å². The summed E-state index contributed by atoms with van der Waals surface area (Å²) < 4.78 is 55.7. The van der Waals surface area contributed by atoms with Crippen LogP contribution in [0.3, 0.4) is 0 Å². The number of halogens is 4. The Morgan fingerprint density at radius 1 is 1.15 bits per heavy atom. The molecule has 0 N–H and O–H groups in total. The predicted molar refractivity (Wildman–Crippen MR) is 123 cm³/mol. The summed E-state index contributed by atoms with van der Waals surface area (Å²) in [6.45, 7) is 4.59. The van der Waals surface area contributed by atoms with E-state index in [9.17, 15) is 22.4 Å². The fourth-order valence-corrected chi connectivity index (χ4v) is 4.65. The largest absolute Gasteiger partial charge is 0.416 e. The SMILES string of the molecule is CC(C)CCN(Cc1nc2cc(F)ccc2n1C1CCCC1)C(=O)c1cccc(C(F)(F)F)c1. The zero-order valence-electron chi connectivity index (χ0n) is 19.4. The summed E-state index contributed by atoms with van der Waals surface area (Å²) >= 11 is 0. The Morgan fingerprint density at radius 3 is 2.56 bits per heavy atom. The second-order valence-electron chi connectivity index (χ2n) is 9.46. The Morgan fingerprint density at radius 2 is 1.88 bits per heavy atom. The van der Waals surface area contributed by atoms with Crippen molar-refractivity contribution in [2.24, 2.45) is 5.92 Å². The van der Waals surface area contributed by atoms with Gasteiger partial charge < -0.3 is 9.47 Å². The number of carbonyl (C=O) groups is 1. The van der Waals surface area contributed by atoms with E-state index >= 15 is 0 Å². The Hall–Kier alpha value is -2.90. The van der Waals surface area contributed by atoms with E-state index in [4.69, 9.17) is 0 Å². The van der Waals surface area contributed by atoms with Gasteiger partial charge in [-0.25, -0.2) is 9.37 Å². The molecule has 1 aliphatic rings. The number of nitrogens with zero attached hydrogens (tertiary/aromatic N) is 3. The quantitative estimate of drug-likeness (QED) is 0.345. The lowest BCUT2D eigenvalue weighted by Gasteiger charge is -2.25. The molecular formula is C26H29F4N3O. The lowest BCUT2D eigenvalue weighted by atomic mass is 10.1. The molecule has 0 atom stereocenters. The first-order valence-corrected chi connectivity index (χ1v) is 11.8. The minimum atomic E-state index is -4.53. The van der Waals surface area contributed by atoms with Crippen LogP contribution in [0.5, 0.6) is 0 Å². The predicted octanol–water partition coefficient (Wildman–Crippen LogP) is 7.00. The zero-order chi connectivity index (χ0) is 24.5. The van der Waals surface area contributed by atoms with E-state index in [1.807, 2.05) is 13.8 Å². The number of benzene rings is 2. The van der Waals surface area contributed by atoms with E-state index < -0.39 is 17.6 Å². The van der Waals surface area contributed by atoms with Gasteiger partial charge in [-0.05, 0) is 55.5 Å².